The first kappa shape index (κ1) is 14.8. The molecule has 5 heteroatoms. The maximum Gasteiger partial charge on any atom is 0.140 e. The maximum atomic E-state index is 7.83. The molecule has 20 heavy (non-hydrogen) atoms. The van der Waals surface area contributed by atoms with E-state index >= 15 is 0 Å². The predicted octanol–water partition coefficient (Wildman–Crippen LogP) is 1.99. The Kier molecular flexibility index (Phi) is 3.99. The standard InChI is InChI=1S/C15H24N4O/c1-10-8-11(2)18-14(12(10)13(16)17)19-7-5-6-15(3,9-19)20-4/h8H,5-7,9H2,1-4H3,(H3,16,17). The molecule has 1 atom stereocenters. The van der Waals surface area contributed by atoms with Gasteiger partial charge in [0.15, 0.2) is 0 Å². The third kappa shape index (κ3) is 2.77. The summed E-state index contributed by atoms with van der Waals surface area (Å²) in [5.74, 6) is 0.896. The second-order valence-corrected chi connectivity index (χ2v) is 5.87. The average molecular weight is 276 g/mol. The molecule has 2 rings (SSSR count). The van der Waals surface area contributed by atoms with Crippen molar-refractivity contribution in [2.75, 3.05) is 25.1 Å². The van der Waals surface area contributed by atoms with Crippen LogP contribution in [0.25, 0.3) is 0 Å². The molecule has 1 aromatic rings. The molecule has 1 unspecified atom stereocenters. The lowest BCUT2D eigenvalue weighted by molar-refractivity contribution is -0.00482. The molecule has 5 nitrogen and oxygen atoms in total. The Hall–Kier alpha value is -1.62. The van der Waals surface area contributed by atoms with E-state index in [1.165, 1.54) is 0 Å². The Morgan fingerprint density at radius 1 is 1.50 bits per heavy atom. The molecule has 110 valence electrons. The van der Waals surface area contributed by atoms with Gasteiger partial charge in [-0.2, -0.15) is 0 Å². The largest absolute Gasteiger partial charge is 0.384 e. The number of hydrogen-bond donors (Lipinski definition) is 2. The first-order valence-electron chi connectivity index (χ1n) is 6.99. The number of amidine groups is 1. The molecule has 1 aromatic heterocycles. The Morgan fingerprint density at radius 2 is 2.20 bits per heavy atom. The summed E-state index contributed by atoms with van der Waals surface area (Å²) >= 11 is 0. The molecule has 0 aliphatic carbocycles. The van der Waals surface area contributed by atoms with E-state index in [0.717, 1.165) is 48.6 Å². The fourth-order valence-electron chi connectivity index (χ4n) is 2.93. The summed E-state index contributed by atoms with van der Waals surface area (Å²) in [6.07, 6.45) is 2.09. The highest BCUT2D eigenvalue weighted by atomic mass is 16.5. The van der Waals surface area contributed by atoms with Crippen LogP contribution in [0.4, 0.5) is 5.82 Å². The van der Waals surface area contributed by atoms with Gasteiger partial charge in [0.05, 0.1) is 11.2 Å². The second-order valence-electron chi connectivity index (χ2n) is 5.87. The minimum absolute atomic E-state index is 0.0784. The molecule has 0 amide bonds. The first-order valence-corrected chi connectivity index (χ1v) is 6.99. The van der Waals surface area contributed by atoms with Crippen molar-refractivity contribution in [3.8, 4) is 0 Å². The fraction of sp³-hybridized carbons (Fsp3) is 0.600. The molecule has 1 saturated heterocycles. The number of aromatic nitrogens is 1. The van der Waals surface area contributed by atoms with Crippen LogP contribution in [0.15, 0.2) is 6.07 Å². The summed E-state index contributed by atoms with van der Waals surface area (Å²) in [5, 5.41) is 7.83. The van der Waals surface area contributed by atoms with Crippen LogP contribution in [-0.2, 0) is 4.74 Å². The molecule has 0 spiro atoms. The molecule has 0 bridgehead atoms. The SMILES string of the molecule is COC1(C)CCCN(c2nc(C)cc(C)c2C(=N)N)C1. The smallest absolute Gasteiger partial charge is 0.140 e. The van der Waals surface area contributed by atoms with E-state index in [4.69, 9.17) is 15.9 Å². The number of anilines is 1. The van der Waals surface area contributed by atoms with Crippen LogP contribution in [0.2, 0.25) is 0 Å². The summed E-state index contributed by atoms with van der Waals surface area (Å²) < 4.78 is 5.64. The number of aryl methyl sites for hydroxylation is 2. The Balaban J connectivity index is 2.44. The lowest BCUT2D eigenvalue weighted by Crippen LogP contribution is -2.48. The van der Waals surface area contributed by atoms with E-state index < -0.39 is 0 Å². The third-order valence-electron chi connectivity index (χ3n) is 4.05. The molecule has 0 radical (unpaired) electrons. The summed E-state index contributed by atoms with van der Waals surface area (Å²) in [6, 6.07) is 1.97. The highest BCUT2D eigenvalue weighted by Gasteiger charge is 2.32. The quantitative estimate of drug-likeness (QED) is 0.654. The van der Waals surface area contributed by atoms with Crippen molar-refractivity contribution in [1.82, 2.24) is 4.98 Å². The van der Waals surface area contributed by atoms with Crippen molar-refractivity contribution < 1.29 is 4.74 Å². The van der Waals surface area contributed by atoms with Crippen molar-refractivity contribution >= 4 is 11.7 Å². The summed E-state index contributed by atoms with van der Waals surface area (Å²) in [4.78, 5) is 6.83. The van der Waals surface area contributed by atoms with Crippen LogP contribution < -0.4 is 10.6 Å². The van der Waals surface area contributed by atoms with Crippen LogP contribution in [-0.4, -0.2) is 36.6 Å². The predicted molar refractivity (Wildman–Crippen MR) is 81.6 cm³/mol. The number of nitrogens with two attached hydrogens (primary N) is 1. The number of nitrogen functional groups attached to an aromatic ring is 1. The Morgan fingerprint density at radius 3 is 2.80 bits per heavy atom. The lowest BCUT2D eigenvalue weighted by atomic mass is 9.94. The van der Waals surface area contributed by atoms with Crippen LogP contribution >= 0.6 is 0 Å². The average Bonchev–Trinajstić information content (AvgIpc) is 2.37. The highest BCUT2D eigenvalue weighted by Crippen LogP contribution is 2.30. The van der Waals surface area contributed by atoms with Gasteiger partial charge in [-0.25, -0.2) is 4.98 Å². The van der Waals surface area contributed by atoms with Gasteiger partial charge in [0.25, 0.3) is 0 Å². The van der Waals surface area contributed by atoms with Crippen molar-refractivity contribution in [3.63, 3.8) is 0 Å². The van der Waals surface area contributed by atoms with Gasteiger partial charge < -0.3 is 15.4 Å². The molecule has 2 heterocycles. The van der Waals surface area contributed by atoms with Crippen LogP contribution in [0.3, 0.4) is 0 Å². The number of hydrogen-bond acceptors (Lipinski definition) is 4. The van der Waals surface area contributed by atoms with E-state index in [0.29, 0.717) is 0 Å². The Labute approximate surface area is 120 Å². The highest BCUT2D eigenvalue weighted by molar-refractivity contribution is 6.01. The third-order valence-corrected chi connectivity index (χ3v) is 4.05. The zero-order valence-corrected chi connectivity index (χ0v) is 12.8. The fourth-order valence-corrected chi connectivity index (χ4v) is 2.93. The zero-order chi connectivity index (χ0) is 14.9. The van der Waals surface area contributed by atoms with Gasteiger partial charge in [0.2, 0.25) is 0 Å². The number of ether oxygens (including phenoxy) is 1. The van der Waals surface area contributed by atoms with Gasteiger partial charge in [0, 0.05) is 25.9 Å². The van der Waals surface area contributed by atoms with E-state index in [-0.39, 0.29) is 11.4 Å². The number of rotatable bonds is 3. The van der Waals surface area contributed by atoms with Gasteiger partial charge in [-0.3, -0.25) is 5.41 Å². The first-order chi connectivity index (χ1) is 9.36. The summed E-state index contributed by atoms with van der Waals surface area (Å²) in [7, 11) is 1.75. The van der Waals surface area contributed by atoms with E-state index in [2.05, 4.69) is 16.8 Å². The minimum Gasteiger partial charge on any atom is -0.384 e. The second kappa shape index (κ2) is 5.40. The van der Waals surface area contributed by atoms with E-state index in [1.54, 1.807) is 7.11 Å². The molecule has 0 aromatic carbocycles. The Bertz CT molecular complexity index is 529. The van der Waals surface area contributed by atoms with Crippen LogP contribution in [0.1, 0.15) is 36.6 Å². The molecule has 3 N–H and O–H groups in total. The molecule has 1 aliphatic heterocycles. The summed E-state index contributed by atoms with van der Waals surface area (Å²) in [6.45, 7) is 7.78. The van der Waals surface area contributed by atoms with E-state index in [1.807, 2.05) is 19.9 Å². The van der Waals surface area contributed by atoms with Gasteiger partial charge in [-0.15, -0.1) is 0 Å². The normalized spacial score (nSPS) is 22.9. The number of pyridine rings is 1. The summed E-state index contributed by atoms with van der Waals surface area (Å²) in [5.41, 5.74) is 8.30. The number of nitrogens with one attached hydrogen (secondary N) is 1. The maximum absolute atomic E-state index is 7.83. The van der Waals surface area contributed by atoms with E-state index in [9.17, 15) is 0 Å². The van der Waals surface area contributed by atoms with Crippen molar-refractivity contribution in [3.05, 3.63) is 22.9 Å². The molecule has 1 fully saturated rings. The lowest BCUT2D eigenvalue weighted by Gasteiger charge is -2.40. The minimum atomic E-state index is -0.161. The zero-order valence-electron chi connectivity index (χ0n) is 12.8. The van der Waals surface area contributed by atoms with Crippen LogP contribution in [0, 0.1) is 19.3 Å². The van der Waals surface area contributed by atoms with Crippen molar-refractivity contribution in [2.45, 2.75) is 39.2 Å². The van der Waals surface area contributed by atoms with Crippen molar-refractivity contribution in [1.29, 1.82) is 5.41 Å². The van der Waals surface area contributed by atoms with Gasteiger partial charge in [-0.1, -0.05) is 0 Å². The van der Waals surface area contributed by atoms with Gasteiger partial charge >= 0.3 is 0 Å². The number of nitrogens with zero attached hydrogens (tertiary/aromatic N) is 2. The van der Waals surface area contributed by atoms with Gasteiger partial charge in [0.1, 0.15) is 11.7 Å². The molecule has 1 aliphatic rings. The van der Waals surface area contributed by atoms with Crippen molar-refractivity contribution in [2.24, 2.45) is 5.73 Å². The topological polar surface area (TPSA) is 75.2 Å². The number of piperidine rings is 1. The molecular weight excluding hydrogens is 252 g/mol. The molecule has 0 saturated carbocycles. The van der Waals surface area contributed by atoms with Gasteiger partial charge in [-0.05, 0) is 45.2 Å². The van der Waals surface area contributed by atoms with Crippen LogP contribution in [0.5, 0.6) is 0 Å². The monoisotopic (exact) mass is 276 g/mol. The number of methoxy groups -OCH3 is 1. The molecular formula is C15H24N4O.